The highest BCUT2D eigenvalue weighted by Gasteiger charge is 2.30. The summed E-state index contributed by atoms with van der Waals surface area (Å²) in [6.45, 7) is 0.415. The van der Waals surface area contributed by atoms with E-state index < -0.39 is 6.03 Å². The predicted molar refractivity (Wildman–Crippen MR) is 55.1 cm³/mol. The molecule has 0 bridgehead atoms. The molecule has 0 unspecified atom stereocenters. The van der Waals surface area contributed by atoms with Crippen molar-refractivity contribution in [2.45, 2.75) is 13.0 Å². The molecule has 5 heteroatoms. The van der Waals surface area contributed by atoms with E-state index in [1.54, 1.807) is 12.1 Å². The molecule has 0 atom stereocenters. The highest BCUT2D eigenvalue weighted by Crippen LogP contribution is 2.29. The van der Waals surface area contributed by atoms with E-state index in [0.29, 0.717) is 12.2 Å². The number of amides is 3. The summed E-state index contributed by atoms with van der Waals surface area (Å²) in [5.74, 6) is -0.285. The Morgan fingerprint density at radius 3 is 2.80 bits per heavy atom. The monoisotopic (exact) mass is 205 g/mol. The molecule has 0 aliphatic carbocycles. The molecule has 1 aliphatic rings. The number of anilines is 1. The van der Waals surface area contributed by atoms with Gasteiger partial charge in [-0.1, -0.05) is 12.1 Å². The maximum atomic E-state index is 11.5. The number of carbonyl (C=O) groups is 2. The molecule has 1 aliphatic heterocycles. The fourth-order valence-corrected chi connectivity index (χ4v) is 1.74. The molecule has 0 radical (unpaired) electrons. The number of benzene rings is 1. The van der Waals surface area contributed by atoms with Crippen LogP contribution in [-0.2, 0) is 17.8 Å². The first-order chi connectivity index (χ1) is 7.13. The van der Waals surface area contributed by atoms with E-state index in [1.165, 1.54) is 0 Å². The van der Waals surface area contributed by atoms with E-state index in [9.17, 15) is 9.59 Å². The maximum absolute atomic E-state index is 11.5. The molecule has 1 aromatic carbocycles. The Labute approximate surface area is 86.6 Å². The minimum Gasteiger partial charge on any atom is -0.351 e. The van der Waals surface area contributed by atoms with Crippen molar-refractivity contribution in [1.29, 1.82) is 0 Å². The van der Waals surface area contributed by atoms with Crippen molar-refractivity contribution in [3.8, 4) is 0 Å². The summed E-state index contributed by atoms with van der Waals surface area (Å²) in [4.78, 5) is 23.5. The fraction of sp³-hybridized carbons (Fsp3) is 0.200. The summed E-state index contributed by atoms with van der Waals surface area (Å²) in [6, 6.07) is 4.58. The van der Waals surface area contributed by atoms with Crippen LogP contribution in [0, 0.1) is 0 Å². The lowest BCUT2D eigenvalue weighted by Gasteiger charge is -2.11. The average molecular weight is 205 g/mol. The zero-order valence-corrected chi connectivity index (χ0v) is 8.06. The standard InChI is InChI=1S/C10H11N3O2/c11-5-6-1-2-8-7(3-6)4-9(14)13(8)10(12)15/h1-3H,4-5,11H2,(H2,12,15). The van der Waals surface area contributed by atoms with Crippen molar-refractivity contribution < 1.29 is 9.59 Å². The van der Waals surface area contributed by atoms with Crippen molar-refractivity contribution in [2.24, 2.45) is 11.5 Å². The van der Waals surface area contributed by atoms with E-state index >= 15 is 0 Å². The molecule has 0 saturated heterocycles. The van der Waals surface area contributed by atoms with Crippen LogP contribution in [0.5, 0.6) is 0 Å². The summed E-state index contributed by atoms with van der Waals surface area (Å²) < 4.78 is 0. The van der Waals surface area contributed by atoms with Crippen LogP contribution in [0.15, 0.2) is 18.2 Å². The summed E-state index contributed by atoms with van der Waals surface area (Å²) in [5.41, 5.74) is 12.9. The van der Waals surface area contributed by atoms with Gasteiger partial charge < -0.3 is 11.5 Å². The second-order valence-electron chi connectivity index (χ2n) is 3.41. The first-order valence-corrected chi connectivity index (χ1v) is 4.57. The Morgan fingerprint density at radius 1 is 1.47 bits per heavy atom. The van der Waals surface area contributed by atoms with E-state index in [1.807, 2.05) is 6.07 Å². The van der Waals surface area contributed by atoms with Gasteiger partial charge in [0.15, 0.2) is 0 Å². The lowest BCUT2D eigenvalue weighted by atomic mass is 10.1. The smallest absolute Gasteiger partial charge is 0.326 e. The van der Waals surface area contributed by atoms with Crippen molar-refractivity contribution in [2.75, 3.05) is 4.90 Å². The summed E-state index contributed by atoms with van der Waals surface area (Å²) in [5, 5.41) is 0. The van der Waals surface area contributed by atoms with E-state index in [4.69, 9.17) is 11.5 Å². The number of hydrogen-bond acceptors (Lipinski definition) is 3. The lowest BCUT2D eigenvalue weighted by molar-refractivity contribution is -0.116. The van der Waals surface area contributed by atoms with Crippen LogP contribution in [0.4, 0.5) is 10.5 Å². The van der Waals surface area contributed by atoms with Gasteiger partial charge >= 0.3 is 6.03 Å². The van der Waals surface area contributed by atoms with Crippen LogP contribution in [0.25, 0.3) is 0 Å². The third-order valence-corrected chi connectivity index (χ3v) is 2.43. The quantitative estimate of drug-likeness (QED) is 0.682. The number of nitrogens with two attached hydrogens (primary N) is 2. The molecule has 1 heterocycles. The summed E-state index contributed by atoms with van der Waals surface area (Å²) in [7, 11) is 0. The molecule has 78 valence electrons. The van der Waals surface area contributed by atoms with Gasteiger partial charge in [-0.05, 0) is 17.2 Å². The van der Waals surface area contributed by atoms with Gasteiger partial charge in [-0.25, -0.2) is 9.69 Å². The van der Waals surface area contributed by atoms with E-state index in [0.717, 1.165) is 16.0 Å². The van der Waals surface area contributed by atoms with E-state index in [-0.39, 0.29) is 12.3 Å². The van der Waals surface area contributed by atoms with Crippen molar-refractivity contribution in [1.82, 2.24) is 0 Å². The number of imide groups is 1. The molecule has 5 nitrogen and oxygen atoms in total. The fourth-order valence-electron chi connectivity index (χ4n) is 1.74. The topological polar surface area (TPSA) is 89.4 Å². The van der Waals surface area contributed by atoms with Crippen LogP contribution in [0.2, 0.25) is 0 Å². The van der Waals surface area contributed by atoms with Crippen LogP contribution >= 0.6 is 0 Å². The number of carbonyl (C=O) groups excluding carboxylic acids is 2. The molecule has 2 rings (SSSR count). The minimum atomic E-state index is -0.737. The Morgan fingerprint density at radius 2 is 2.20 bits per heavy atom. The number of hydrogen-bond donors (Lipinski definition) is 2. The van der Waals surface area contributed by atoms with Crippen molar-refractivity contribution in [3.63, 3.8) is 0 Å². The number of urea groups is 1. The molecule has 0 fully saturated rings. The van der Waals surface area contributed by atoms with Crippen LogP contribution in [0.1, 0.15) is 11.1 Å². The Balaban J connectivity index is 2.47. The van der Waals surface area contributed by atoms with Gasteiger partial charge in [-0.15, -0.1) is 0 Å². The predicted octanol–water partition coefficient (Wildman–Crippen LogP) is 0.113. The van der Waals surface area contributed by atoms with Gasteiger partial charge in [0.1, 0.15) is 0 Å². The minimum absolute atomic E-state index is 0.214. The Kier molecular flexibility index (Phi) is 2.17. The average Bonchev–Trinajstić information content (AvgIpc) is 2.52. The highest BCUT2D eigenvalue weighted by molar-refractivity contribution is 6.18. The number of nitrogens with zero attached hydrogens (tertiary/aromatic N) is 1. The molecule has 4 N–H and O–H groups in total. The molecule has 3 amide bonds. The van der Waals surface area contributed by atoms with Gasteiger partial charge in [0.2, 0.25) is 5.91 Å². The number of rotatable bonds is 1. The summed E-state index contributed by atoms with van der Waals surface area (Å²) in [6.07, 6.45) is 0.214. The van der Waals surface area contributed by atoms with Crippen molar-refractivity contribution in [3.05, 3.63) is 29.3 Å². The van der Waals surface area contributed by atoms with Crippen molar-refractivity contribution >= 4 is 17.6 Å². The van der Waals surface area contributed by atoms with Crippen LogP contribution in [0.3, 0.4) is 0 Å². The van der Waals surface area contributed by atoms with Gasteiger partial charge in [0.05, 0.1) is 12.1 Å². The van der Waals surface area contributed by atoms with E-state index in [2.05, 4.69) is 0 Å². The zero-order chi connectivity index (χ0) is 11.0. The molecule has 15 heavy (non-hydrogen) atoms. The Hall–Kier alpha value is -1.88. The molecular weight excluding hydrogens is 194 g/mol. The second-order valence-corrected chi connectivity index (χ2v) is 3.41. The van der Waals surface area contributed by atoms with Gasteiger partial charge in [0.25, 0.3) is 0 Å². The van der Waals surface area contributed by atoms with Gasteiger partial charge in [-0.3, -0.25) is 4.79 Å². The third kappa shape index (κ3) is 1.46. The Bertz CT molecular complexity index is 442. The van der Waals surface area contributed by atoms with Crippen LogP contribution < -0.4 is 16.4 Å². The van der Waals surface area contributed by atoms with Gasteiger partial charge in [0, 0.05) is 6.54 Å². The largest absolute Gasteiger partial charge is 0.351 e. The highest BCUT2D eigenvalue weighted by atomic mass is 16.2. The number of fused-ring (bicyclic) bond motifs is 1. The lowest BCUT2D eigenvalue weighted by Crippen LogP contribution is -2.38. The SMILES string of the molecule is NCc1ccc2c(c1)CC(=O)N2C(N)=O. The number of primary amides is 1. The third-order valence-electron chi connectivity index (χ3n) is 2.43. The first-order valence-electron chi connectivity index (χ1n) is 4.57. The zero-order valence-electron chi connectivity index (χ0n) is 8.06. The second kappa shape index (κ2) is 3.36. The molecule has 0 spiro atoms. The molecule has 0 saturated carbocycles. The molecule has 1 aromatic rings. The maximum Gasteiger partial charge on any atom is 0.326 e. The molecular formula is C10H11N3O2. The molecule has 0 aromatic heterocycles. The summed E-state index contributed by atoms with van der Waals surface area (Å²) >= 11 is 0. The van der Waals surface area contributed by atoms with Gasteiger partial charge in [-0.2, -0.15) is 0 Å². The first kappa shape index (κ1) is 9.67. The normalized spacial score (nSPS) is 14.2. The van der Waals surface area contributed by atoms with Crippen LogP contribution in [-0.4, -0.2) is 11.9 Å².